The molecule has 1 unspecified atom stereocenters. The van der Waals surface area contributed by atoms with Gasteiger partial charge >= 0.3 is 6.18 Å². The van der Waals surface area contributed by atoms with Gasteiger partial charge in [-0.05, 0) is 25.1 Å². The Kier molecular flexibility index (Phi) is 7.17. The molecule has 3 heterocycles. The van der Waals surface area contributed by atoms with Crippen LogP contribution in [0.1, 0.15) is 18.3 Å². The molecule has 1 fully saturated rings. The number of halogens is 4. The molecule has 184 valence electrons. The van der Waals surface area contributed by atoms with Crippen molar-refractivity contribution in [1.82, 2.24) is 14.9 Å². The van der Waals surface area contributed by atoms with Crippen molar-refractivity contribution < 1.29 is 27.0 Å². The fraction of sp³-hybridized carbons (Fsp3) is 0.500. The third-order valence-corrected chi connectivity index (χ3v) is 5.31. The summed E-state index contributed by atoms with van der Waals surface area (Å²) in [6.45, 7) is 2.01. The molecular weight excluding hydrogens is 456 g/mol. The smallest absolute Gasteiger partial charge is 0.411 e. The van der Waals surface area contributed by atoms with Crippen molar-refractivity contribution in [2.75, 3.05) is 43.6 Å². The number of rotatable bonds is 9. The molecule has 1 saturated heterocycles. The number of ether oxygens (including phenoxy) is 2. The van der Waals surface area contributed by atoms with Crippen molar-refractivity contribution in [3.8, 4) is 5.75 Å². The number of benzene rings is 1. The molecule has 0 spiro atoms. The highest BCUT2D eigenvalue weighted by atomic mass is 19.4. The summed E-state index contributed by atoms with van der Waals surface area (Å²) in [5, 5.41) is 3.09. The van der Waals surface area contributed by atoms with Gasteiger partial charge in [0.15, 0.2) is 0 Å². The molecule has 2 aliphatic rings. The lowest BCUT2D eigenvalue weighted by molar-refractivity contribution is -0.176. The van der Waals surface area contributed by atoms with Crippen LogP contribution in [0.4, 0.5) is 34.9 Å². The molecule has 2 aliphatic heterocycles. The summed E-state index contributed by atoms with van der Waals surface area (Å²) < 4.78 is 60.9. The van der Waals surface area contributed by atoms with Gasteiger partial charge < -0.3 is 19.7 Å². The zero-order valence-corrected chi connectivity index (χ0v) is 18.8. The van der Waals surface area contributed by atoms with Gasteiger partial charge in [-0.3, -0.25) is 9.89 Å². The topological polar surface area (TPSA) is 75.1 Å². The number of anilines is 3. The van der Waals surface area contributed by atoms with Crippen molar-refractivity contribution in [2.45, 2.75) is 38.5 Å². The summed E-state index contributed by atoms with van der Waals surface area (Å²) in [6.07, 6.45) is -3.53. The van der Waals surface area contributed by atoms with E-state index >= 15 is 0 Å². The molecule has 1 N–H and O–H groups in total. The minimum Gasteiger partial charge on any atom is -0.494 e. The van der Waals surface area contributed by atoms with Gasteiger partial charge in [0, 0.05) is 37.9 Å². The fourth-order valence-electron chi connectivity index (χ4n) is 3.76. The molecule has 1 atom stereocenters. The number of aliphatic imine (C=N–C) groups is 1. The Bertz CT molecular complexity index is 1030. The average Bonchev–Trinajstić information content (AvgIpc) is 3.17. The quantitative estimate of drug-likeness (QED) is 0.547. The zero-order chi connectivity index (χ0) is 24.3. The maximum Gasteiger partial charge on any atom is 0.411 e. The SMILES string of the molecule is COc1cc(Nc2nc(COCC(F)(F)F)cc(CN3CC(F)C3)n2)ccc1N1C=NC(C)C1. The standard InChI is InChI=1S/C22H26F4N6O2/c1-14-7-32(13-27-14)19-4-3-16(6-20(19)33-2)28-21-29-17(10-31-8-15(23)9-31)5-18(30-21)11-34-12-22(24,25)26/h3-6,13-15H,7-12H2,1-2H3,(H,28,29,30). The van der Waals surface area contributed by atoms with Crippen LogP contribution < -0.4 is 15.0 Å². The highest BCUT2D eigenvalue weighted by Crippen LogP contribution is 2.33. The number of hydrogen-bond acceptors (Lipinski definition) is 8. The van der Waals surface area contributed by atoms with E-state index in [9.17, 15) is 17.6 Å². The van der Waals surface area contributed by atoms with E-state index in [4.69, 9.17) is 9.47 Å². The van der Waals surface area contributed by atoms with E-state index in [0.29, 0.717) is 42.5 Å². The van der Waals surface area contributed by atoms with Crippen LogP contribution >= 0.6 is 0 Å². The fourth-order valence-corrected chi connectivity index (χ4v) is 3.76. The van der Waals surface area contributed by atoms with Crippen molar-refractivity contribution in [3.05, 3.63) is 35.7 Å². The summed E-state index contributed by atoms with van der Waals surface area (Å²) in [5.74, 6) is 0.816. The zero-order valence-electron chi connectivity index (χ0n) is 18.8. The number of hydrogen-bond donors (Lipinski definition) is 1. The third-order valence-electron chi connectivity index (χ3n) is 5.31. The second-order valence-corrected chi connectivity index (χ2v) is 8.35. The van der Waals surface area contributed by atoms with Crippen molar-refractivity contribution in [1.29, 1.82) is 0 Å². The second-order valence-electron chi connectivity index (χ2n) is 8.35. The molecule has 4 rings (SSSR count). The first-order valence-electron chi connectivity index (χ1n) is 10.8. The van der Waals surface area contributed by atoms with Crippen LogP contribution in [0.5, 0.6) is 5.75 Å². The summed E-state index contributed by atoms with van der Waals surface area (Å²) >= 11 is 0. The van der Waals surface area contributed by atoms with Gasteiger partial charge in [0.2, 0.25) is 5.95 Å². The molecule has 0 radical (unpaired) electrons. The predicted octanol–water partition coefficient (Wildman–Crippen LogP) is 3.70. The van der Waals surface area contributed by atoms with Gasteiger partial charge in [-0.15, -0.1) is 0 Å². The predicted molar refractivity (Wildman–Crippen MR) is 119 cm³/mol. The highest BCUT2D eigenvalue weighted by Gasteiger charge is 2.28. The van der Waals surface area contributed by atoms with E-state index in [0.717, 1.165) is 12.2 Å². The lowest BCUT2D eigenvalue weighted by Crippen LogP contribution is -2.47. The third kappa shape index (κ3) is 6.32. The van der Waals surface area contributed by atoms with Crippen LogP contribution in [0, 0.1) is 0 Å². The monoisotopic (exact) mass is 482 g/mol. The van der Waals surface area contributed by atoms with Gasteiger partial charge in [0.1, 0.15) is 18.5 Å². The number of nitrogens with one attached hydrogen (secondary N) is 1. The number of likely N-dealkylation sites (tertiary alicyclic amines) is 1. The Hall–Kier alpha value is -2.99. The van der Waals surface area contributed by atoms with Gasteiger partial charge in [-0.25, -0.2) is 14.4 Å². The number of aromatic nitrogens is 2. The van der Waals surface area contributed by atoms with Gasteiger partial charge in [0.25, 0.3) is 0 Å². The summed E-state index contributed by atoms with van der Waals surface area (Å²) in [5.41, 5.74) is 2.34. The summed E-state index contributed by atoms with van der Waals surface area (Å²) in [7, 11) is 1.57. The molecule has 34 heavy (non-hydrogen) atoms. The minimum absolute atomic E-state index is 0.190. The van der Waals surface area contributed by atoms with Gasteiger partial charge in [0.05, 0.1) is 43.2 Å². The van der Waals surface area contributed by atoms with Crippen molar-refractivity contribution >= 4 is 23.7 Å². The Balaban J connectivity index is 1.52. The van der Waals surface area contributed by atoms with E-state index in [2.05, 4.69) is 20.3 Å². The van der Waals surface area contributed by atoms with E-state index < -0.39 is 19.0 Å². The van der Waals surface area contributed by atoms with Gasteiger partial charge in [-0.1, -0.05) is 0 Å². The molecule has 12 heteroatoms. The first-order valence-corrected chi connectivity index (χ1v) is 10.8. The maximum atomic E-state index is 13.2. The van der Waals surface area contributed by atoms with Crippen LogP contribution in [-0.2, 0) is 17.9 Å². The first kappa shape index (κ1) is 24.1. The van der Waals surface area contributed by atoms with E-state index in [1.165, 1.54) is 0 Å². The van der Waals surface area contributed by atoms with Crippen LogP contribution in [0.25, 0.3) is 0 Å². The molecule has 0 saturated carbocycles. The Morgan fingerprint density at radius 1 is 1.12 bits per heavy atom. The highest BCUT2D eigenvalue weighted by molar-refractivity contribution is 5.85. The van der Waals surface area contributed by atoms with Crippen LogP contribution in [0.15, 0.2) is 29.3 Å². The number of nitrogens with zero attached hydrogens (tertiary/aromatic N) is 5. The Morgan fingerprint density at radius 3 is 2.53 bits per heavy atom. The maximum absolute atomic E-state index is 13.2. The van der Waals surface area contributed by atoms with Crippen LogP contribution in [-0.4, -0.2) is 72.9 Å². The normalized spacial score (nSPS) is 18.9. The Morgan fingerprint density at radius 2 is 1.88 bits per heavy atom. The summed E-state index contributed by atoms with van der Waals surface area (Å²) in [6, 6.07) is 7.25. The molecule has 0 amide bonds. The van der Waals surface area contributed by atoms with E-state index in [-0.39, 0.29) is 18.6 Å². The molecule has 1 aromatic heterocycles. The molecular formula is C22H26F4N6O2. The van der Waals surface area contributed by atoms with Crippen molar-refractivity contribution in [2.24, 2.45) is 4.99 Å². The van der Waals surface area contributed by atoms with Crippen LogP contribution in [0.2, 0.25) is 0 Å². The van der Waals surface area contributed by atoms with E-state index in [1.807, 2.05) is 28.9 Å². The second kappa shape index (κ2) is 10.1. The Labute approximate surface area is 194 Å². The molecule has 0 aliphatic carbocycles. The largest absolute Gasteiger partial charge is 0.494 e. The lowest BCUT2D eigenvalue weighted by Gasteiger charge is -2.33. The molecule has 2 aromatic rings. The number of alkyl halides is 4. The molecule has 0 bridgehead atoms. The molecule has 8 nitrogen and oxygen atoms in total. The first-order chi connectivity index (χ1) is 16.2. The lowest BCUT2D eigenvalue weighted by atomic mass is 10.2. The summed E-state index contributed by atoms with van der Waals surface area (Å²) in [4.78, 5) is 17.0. The van der Waals surface area contributed by atoms with E-state index in [1.54, 1.807) is 25.6 Å². The van der Waals surface area contributed by atoms with Gasteiger partial charge in [-0.2, -0.15) is 13.2 Å². The minimum atomic E-state index is -4.43. The average molecular weight is 482 g/mol. The van der Waals surface area contributed by atoms with Crippen LogP contribution in [0.3, 0.4) is 0 Å². The molecule has 1 aromatic carbocycles. The van der Waals surface area contributed by atoms with Crippen molar-refractivity contribution in [3.63, 3.8) is 0 Å². The number of methoxy groups -OCH3 is 1.